The van der Waals surface area contributed by atoms with E-state index in [1.165, 1.54) is 0 Å². The third-order valence-electron chi connectivity index (χ3n) is 9.28. The molecule has 2 saturated carbocycles. The van der Waals surface area contributed by atoms with Crippen molar-refractivity contribution in [1.82, 2.24) is 0 Å². The minimum atomic E-state index is -2.68. The summed E-state index contributed by atoms with van der Waals surface area (Å²) < 4.78 is 0. The van der Waals surface area contributed by atoms with Crippen LogP contribution in [0.3, 0.4) is 0 Å². The number of hydrogen-bond donors (Lipinski definition) is 5. The Hall–Kier alpha value is -3.37. The highest BCUT2D eigenvalue weighted by Gasteiger charge is 2.66. The van der Waals surface area contributed by atoms with Gasteiger partial charge in [-0.2, -0.15) is 0 Å². The minimum absolute atomic E-state index is 0.0390. The molecule has 228 valence electrons. The molecular formula is C32H42N2O8. The van der Waals surface area contributed by atoms with Crippen LogP contribution in [0, 0.1) is 23.7 Å². The molecule has 10 nitrogen and oxygen atoms in total. The first kappa shape index (κ1) is 31.6. The first-order valence-corrected chi connectivity index (χ1v) is 14.9. The van der Waals surface area contributed by atoms with E-state index in [2.05, 4.69) is 11.9 Å². The first-order valence-electron chi connectivity index (χ1n) is 14.9. The van der Waals surface area contributed by atoms with Crippen LogP contribution in [0.4, 0.5) is 5.69 Å². The molecular weight excluding hydrogens is 540 g/mol. The lowest BCUT2D eigenvalue weighted by Gasteiger charge is -2.48. The Morgan fingerprint density at radius 2 is 1.83 bits per heavy atom. The van der Waals surface area contributed by atoms with Crippen LogP contribution in [0.5, 0.6) is 5.75 Å². The summed E-state index contributed by atoms with van der Waals surface area (Å²) in [6.45, 7) is 7.75. The Morgan fingerprint density at radius 1 is 1.14 bits per heavy atom. The van der Waals surface area contributed by atoms with Gasteiger partial charge in [0, 0.05) is 18.9 Å². The van der Waals surface area contributed by atoms with Gasteiger partial charge in [0.15, 0.2) is 34.7 Å². The van der Waals surface area contributed by atoms with Crippen molar-refractivity contribution in [2.24, 2.45) is 29.4 Å². The van der Waals surface area contributed by atoms with Gasteiger partial charge in [0.05, 0.1) is 23.3 Å². The standard InChI is InChI=1S/C32H42N2O8/c1-4-5-6-7-8-9-10-19(35)15-34-22-14-20(16(2)3)21-12-17-11-18-13-23(36)26(31(33)41)30(40)32(18,42)29(39)24(17)28(38)25(21)27(22)37/h4,14,16-19,24,26,34-35,37,42H,1,5-13,15H2,2-3H3,(H2,33,41)/t17-,18+,19?,24?,26?,32+/m1/s1. The lowest BCUT2D eigenvalue weighted by molar-refractivity contribution is -0.175. The number of carbonyl (C=O) groups excluding carboxylic acids is 5. The van der Waals surface area contributed by atoms with Gasteiger partial charge >= 0.3 is 0 Å². The number of aliphatic hydroxyl groups excluding tert-OH is 1. The van der Waals surface area contributed by atoms with Crippen LogP contribution in [0.1, 0.15) is 92.6 Å². The second-order valence-corrected chi connectivity index (χ2v) is 12.4. The minimum Gasteiger partial charge on any atom is -0.505 e. The Morgan fingerprint density at radius 3 is 2.48 bits per heavy atom. The zero-order valence-corrected chi connectivity index (χ0v) is 24.4. The third-order valence-corrected chi connectivity index (χ3v) is 9.28. The smallest absolute Gasteiger partial charge is 0.235 e. The van der Waals surface area contributed by atoms with E-state index in [0.29, 0.717) is 12.0 Å². The number of nitrogens with two attached hydrogens (primary N) is 1. The molecule has 0 bridgehead atoms. The number of nitrogens with one attached hydrogen (secondary N) is 1. The summed E-state index contributed by atoms with van der Waals surface area (Å²) in [7, 11) is 0. The molecule has 0 saturated heterocycles. The summed E-state index contributed by atoms with van der Waals surface area (Å²) in [6, 6.07) is 1.76. The fourth-order valence-corrected chi connectivity index (χ4v) is 7.07. The monoisotopic (exact) mass is 582 g/mol. The van der Waals surface area contributed by atoms with Crippen molar-refractivity contribution in [3.05, 3.63) is 35.4 Å². The van der Waals surface area contributed by atoms with Crippen LogP contribution in [-0.4, -0.2) is 62.6 Å². The van der Waals surface area contributed by atoms with E-state index in [1.807, 2.05) is 19.9 Å². The van der Waals surface area contributed by atoms with Crippen LogP contribution in [-0.2, 0) is 25.6 Å². The first-order chi connectivity index (χ1) is 19.8. The highest BCUT2D eigenvalue weighted by Crippen LogP contribution is 2.51. The summed E-state index contributed by atoms with van der Waals surface area (Å²) in [5.74, 6) is -10.4. The summed E-state index contributed by atoms with van der Waals surface area (Å²) in [6.07, 6.45) is 6.64. The number of aliphatic hydroxyl groups is 2. The molecule has 2 fully saturated rings. The maximum atomic E-state index is 14.0. The van der Waals surface area contributed by atoms with Crippen LogP contribution < -0.4 is 11.1 Å². The van der Waals surface area contributed by atoms with E-state index < -0.39 is 64.4 Å². The van der Waals surface area contributed by atoms with Gasteiger partial charge in [-0.15, -0.1) is 6.58 Å². The van der Waals surface area contributed by atoms with E-state index in [1.54, 1.807) is 6.07 Å². The molecule has 42 heavy (non-hydrogen) atoms. The molecule has 0 aliphatic heterocycles. The van der Waals surface area contributed by atoms with Gasteiger partial charge < -0.3 is 26.4 Å². The molecule has 6 atom stereocenters. The Bertz CT molecular complexity index is 1300. The number of anilines is 1. The summed E-state index contributed by atoms with van der Waals surface area (Å²) in [4.78, 5) is 65.2. The quantitative estimate of drug-likeness (QED) is 0.107. The average Bonchev–Trinajstić information content (AvgIpc) is 2.91. The Balaban J connectivity index is 1.60. The molecule has 1 amide bonds. The van der Waals surface area contributed by atoms with Crippen LogP contribution in [0.2, 0.25) is 0 Å². The molecule has 3 unspecified atom stereocenters. The SMILES string of the molecule is C=CCCCCCCC(O)CNc1cc(C(C)C)c2c(c1O)C(=O)C1C(=O)[C@]3(O)C(=O)C(C(N)=O)C(=O)C[C@@H]3C[C@@H]1C2. The van der Waals surface area contributed by atoms with E-state index in [4.69, 9.17) is 5.73 Å². The van der Waals surface area contributed by atoms with E-state index in [-0.39, 0.29) is 48.7 Å². The maximum Gasteiger partial charge on any atom is 0.235 e. The van der Waals surface area contributed by atoms with E-state index >= 15 is 0 Å². The number of fused-ring (bicyclic) bond motifs is 3. The number of unbranched alkanes of at least 4 members (excludes halogenated alkanes) is 4. The number of allylic oxidation sites excluding steroid dienone is 1. The topological polar surface area (TPSA) is 184 Å². The number of carbonyl (C=O) groups is 5. The fourth-order valence-electron chi connectivity index (χ4n) is 7.07. The van der Waals surface area contributed by atoms with Crippen LogP contribution >= 0.6 is 0 Å². The molecule has 10 heteroatoms. The number of phenols is 1. The number of Topliss-reactive ketones (excluding diaryl/α,β-unsaturated/α-hetero) is 4. The Labute approximate surface area is 245 Å². The molecule has 6 N–H and O–H groups in total. The average molecular weight is 583 g/mol. The highest BCUT2D eigenvalue weighted by atomic mass is 16.3. The zero-order chi connectivity index (χ0) is 30.9. The van der Waals surface area contributed by atoms with Crippen molar-refractivity contribution in [2.45, 2.75) is 89.3 Å². The molecule has 1 aromatic rings. The predicted octanol–water partition coefficient (Wildman–Crippen LogP) is 2.75. The molecule has 4 rings (SSSR count). The molecule has 0 spiro atoms. The number of benzene rings is 1. The van der Waals surface area contributed by atoms with E-state index in [0.717, 1.165) is 37.7 Å². The van der Waals surface area contributed by atoms with Crippen LogP contribution in [0.25, 0.3) is 0 Å². The number of phenolic OH excluding ortho intramolecular Hbond substituents is 1. The molecule has 0 radical (unpaired) electrons. The summed E-state index contributed by atoms with van der Waals surface area (Å²) >= 11 is 0. The highest BCUT2D eigenvalue weighted by molar-refractivity contribution is 6.31. The van der Waals surface area contributed by atoms with Crippen molar-refractivity contribution < 1.29 is 39.3 Å². The number of amides is 1. The van der Waals surface area contributed by atoms with Crippen molar-refractivity contribution in [3.8, 4) is 5.75 Å². The summed E-state index contributed by atoms with van der Waals surface area (Å²) in [5, 5.41) is 36.2. The van der Waals surface area contributed by atoms with Gasteiger partial charge in [-0.25, -0.2) is 0 Å². The molecule has 3 aliphatic carbocycles. The molecule has 0 aromatic heterocycles. The van der Waals surface area contributed by atoms with Crippen molar-refractivity contribution in [2.75, 3.05) is 11.9 Å². The molecule has 1 aromatic carbocycles. The number of rotatable bonds is 12. The largest absolute Gasteiger partial charge is 0.505 e. The zero-order valence-electron chi connectivity index (χ0n) is 24.4. The van der Waals surface area contributed by atoms with Crippen molar-refractivity contribution in [3.63, 3.8) is 0 Å². The second kappa shape index (κ2) is 12.5. The molecule has 3 aliphatic rings. The number of hydrogen-bond acceptors (Lipinski definition) is 9. The number of primary amides is 1. The lowest BCUT2D eigenvalue weighted by Crippen LogP contribution is -2.68. The van der Waals surface area contributed by atoms with Crippen molar-refractivity contribution >= 4 is 34.7 Å². The van der Waals surface area contributed by atoms with Gasteiger partial charge in [-0.05, 0) is 61.1 Å². The molecule has 0 heterocycles. The van der Waals surface area contributed by atoms with Gasteiger partial charge in [0.25, 0.3) is 0 Å². The predicted molar refractivity (Wildman–Crippen MR) is 155 cm³/mol. The third kappa shape index (κ3) is 5.54. The lowest BCUT2D eigenvalue weighted by atomic mass is 9.53. The number of aromatic hydroxyl groups is 1. The second-order valence-electron chi connectivity index (χ2n) is 12.4. The fraction of sp³-hybridized carbons (Fsp3) is 0.594. The summed E-state index contributed by atoms with van der Waals surface area (Å²) in [5.41, 5.74) is 4.18. The van der Waals surface area contributed by atoms with Gasteiger partial charge in [0.1, 0.15) is 5.75 Å². The van der Waals surface area contributed by atoms with Gasteiger partial charge in [-0.3, -0.25) is 24.0 Å². The normalized spacial score (nSPS) is 27.7. The Kier molecular flexibility index (Phi) is 9.37. The number of ketones is 4. The van der Waals surface area contributed by atoms with Gasteiger partial charge in [0.2, 0.25) is 5.91 Å². The maximum absolute atomic E-state index is 14.0. The van der Waals surface area contributed by atoms with Gasteiger partial charge in [-0.1, -0.05) is 39.2 Å². The van der Waals surface area contributed by atoms with Crippen molar-refractivity contribution in [1.29, 1.82) is 0 Å². The van der Waals surface area contributed by atoms with Crippen LogP contribution in [0.15, 0.2) is 18.7 Å². The van der Waals surface area contributed by atoms with E-state index in [9.17, 15) is 39.3 Å².